The van der Waals surface area contributed by atoms with Gasteiger partial charge < -0.3 is 10.5 Å². The van der Waals surface area contributed by atoms with E-state index in [-0.39, 0.29) is 29.1 Å². The molecular weight excluding hydrogens is 350 g/mol. The second-order valence-corrected chi connectivity index (χ2v) is 4.35. The number of nitrogens with two attached hydrogens (primary N) is 1. The van der Waals surface area contributed by atoms with Crippen molar-refractivity contribution in [1.82, 2.24) is 0 Å². The summed E-state index contributed by atoms with van der Waals surface area (Å²) in [6.45, 7) is 1.22. The summed E-state index contributed by atoms with van der Waals surface area (Å²) in [5, 5.41) is 0. The molecule has 0 saturated heterocycles. The maximum atomic E-state index is 13.6. The molecule has 1 atom stereocenters. The predicted octanol–water partition coefficient (Wildman–Crippen LogP) is 3.21. The summed E-state index contributed by atoms with van der Waals surface area (Å²) in [4.78, 5) is 11.1. The van der Waals surface area contributed by atoms with Crippen molar-refractivity contribution in [1.29, 1.82) is 0 Å². The number of hydrogen-bond acceptors (Lipinski definition) is 3. The lowest BCUT2D eigenvalue weighted by molar-refractivity contribution is -0.174. The molecule has 19 heavy (non-hydrogen) atoms. The summed E-state index contributed by atoms with van der Waals surface area (Å²) in [6.07, 6.45) is 0. The van der Waals surface area contributed by atoms with Gasteiger partial charge in [-0.2, -0.15) is 8.78 Å². The molecule has 1 aromatic carbocycles. The summed E-state index contributed by atoms with van der Waals surface area (Å²) >= 11 is 2.89. The number of esters is 1. The van der Waals surface area contributed by atoms with Crippen molar-refractivity contribution in [2.75, 3.05) is 6.61 Å². The van der Waals surface area contributed by atoms with Crippen molar-refractivity contribution in [3.63, 3.8) is 0 Å². The molecule has 0 aromatic heterocycles. The van der Waals surface area contributed by atoms with E-state index in [1.54, 1.807) is 0 Å². The molecular formula is C11H12BrClF3NO2. The van der Waals surface area contributed by atoms with Gasteiger partial charge in [-0.3, -0.25) is 0 Å². The topological polar surface area (TPSA) is 52.3 Å². The van der Waals surface area contributed by atoms with Crippen molar-refractivity contribution in [3.8, 4) is 0 Å². The second-order valence-electron chi connectivity index (χ2n) is 3.49. The maximum Gasteiger partial charge on any atom is 0.379 e. The molecule has 0 radical (unpaired) electrons. The summed E-state index contributed by atoms with van der Waals surface area (Å²) in [6, 6.07) is 1.35. The van der Waals surface area contributed by atoms with Crippen molar-refractivity contribution < 1.29 is 22.7 Å². The fourth-order valence-corrected chi connectivity index (χ4v) is 1.52. The molecule has 1 rings (SSSR count). The van der Waals surface area contributed by atoms with Crippen LogP contribution in [0.4, 0.5) is 13.2 Å². The summed E-state index contributed by atoms with van der Waals surface area (Å²) in [5.74, 6) is -6.36. The van der Waals surface area contributed by atoms with Crippen LogP contribution in [0, 0.1) is 5.82 Å². The number of carbonyl (C=O) groups excluding carboxylic acids is 1. The van der Waals surface area contributed by atoms with Gasteiger partial charge in [-0.25, -0.2) is 9.18 Å². The first kappa shape index (κ1) is 18.2. The van der Waals surface area contributed by atoms with Gasteiger partial charge in [-0.05, 0) is 40.5 Å². The van der Waals surface area contributed by atoms with Crippen molar-refractivity contribution in [2.24, 2.45) is 5.73 Å². The molecule has 0 heterocycles. The third-order valence-electron chi connectivity index (χ3n) is 2.24. The zero-order chi connectivity index (χ0) is 13.9. The highest BCUT2D eigenvalue weighted by Gasteiger charge is 2.47. The average molecular weight is 363 g/mol. The van der Waals surface area contributed by atoms with Gasteiger partial charge in [0.15, 0.2) is 0 Å². The van der Waals surface area contributed by atoms with E-state index in [2.05, 4.69) is 20.7 Å². The molecule has 108 valence electrons. The predicted molar refractivity (Wildman–Crippen MR) is 69.9 cm³/mol. The molecule has 0 fully saturated rings. The number of benzene rings is 1. The molecule has 0 spiro atoms. The normalized spacial score (nSPS) is 12.5. The SMILES string of the molecule is CCOC(=O)C(F)(F)[C@H](N)c1ccc(Br)c(F)c1.Cl. The van der Waals surface area contributed by atoms with E-state index in [9.17, 15) is 18.0 Å². The Bertz CT molecular complexity index is 460. The fourth-order valence-electron chi connectivity index (χ4n) is 1.27. The quantitative estimate of drug-likeness (QED) is 0.837. The minimum Gasteiger partial charge on any atom is -0.462 e. The first-order chi connectivity index (χ1) is 8.30. The van der Waals surface area contributed by atoms with E-state index in [1.165, 1.54) is 19.1 Å². The van der Waals surface area contributed by atoms with Crippen molar-refractivity contribution >= 4 is 34.3 Å². The Kier molecular flexibility index (Phi) is 6.82. The molecule has 1 aromatic rings. The van der Waals surface area contributed by atoms with Crippen LogP contribution in [0.2, 0.25) is 0 Å². The Morgan fingerprint density at radius 2 is 2.11 bits per heavy atom. The van der Waals surface area contributed by atoms with E-state index in [1.807, 2.05) is 0 Å². The molecule has 0 amide bonds. The minimum atomic E-state index is -3.91. The van der Waals surface area contributed by atoms with Crippen LogP contribution in [0.15, 0.2) is 22.7 Å². The van der Waals surface area contributed by atoms with Gasteiger partial charge in [0.1, 0.15) is 11.9 Å². The van der Waals surface area contributed by atoms with Crippen molar-refractivity contribution in [3.05, 3.63) is 34.1 Å². The first-order valence-electron chi connectivity index (χ1n) is 5.06. The van der Waals surface area contributed by atoms with Gasteiger partial charge in [0.2, 0.25) is 0 Å². The first-order valence-corrected chi connectivity index (χ1v) is 5.85. The third kappa shape index (κ3) is 4.09. The highest BCUT2D eigenvalue weighted by atomic mass is 79.9. The zero-order valence-electron chi connectivity index (χ0n) is 9.83. The molecule has 0 aliphatic heterocycles. The van der Waals surface area contributed by atoms with E-state index in [4.69, 9.17) is 5.73 Å². The van der Waals surface area contributed by atoms with Gasteiger partial charge in [0.25, 0.3) is 0 Å². The number of carbonyl (C=O) groups is 1. The highest BCUT2D eigenvalue weighted by molar-refractivity contribution is 9.10. The van der Waals surface area contributed by atoms with Gasteiger partial charge in [-0.15, -0.1) is 12.4 Å². The molecule has 0 unspecified atom stereocenters. The van der Waals surface area contributed by atoms with E-state index in [0.29, 0.717) is 0 Å². The number of rotatable bonds is 4. The Morgan fingerprint density at radius 1 is 1.53 bits per heavy atom. The van der Waals surface area contributed by atoms with E-state index < -0.39 is 23.8 Å². The van der Waals surface area contributed by atoms with Crippen LogP contribution < -0.4 is 5.73 Å². The average Bonchev–Trinajstić information content (AvgIpc) is 2.32. The Morgan fingerprint density at radius 3 is 2.58 bits per heavy atom. The molecule has 0 aliphatic carbocycles. The second kappa shape index (κ2) is 7.12. The van der Waals surface area contributed by atoms with Gasteiger partial charge in [-0.1, -0.05) is 6.07 Å². The Labute approximate surface area is 122 Å². The summed E-state index contributed by atoms with van der Waals surface area (Å²) in [7, 11) is 0. The number of halogens is 5. The molecule has 0 bridgehead atoms. The summed E-state index contributed by atoms with van der Waals surface area (Å²) in [5.41, 5.74) is 5.10. The van der Waals surface area contributed by atoms with Crippen LogP contribution in [0.25, 0.3) is 0 Å². The van der Waals surface area contributed by atoms with Crippen LogP contribution in [0.1, 0.15) is 18.5 Å². The van der Waals surface area contributed by atoms with Gasteiger partial charge in [0, 0.05) is 0 Å². The van der Waals surface area contributed by atoms with Crippen LogP contribution >= 0.6 is 28.3 Å². The molecule has 3 nitrogen and oxygen atoms in total. The Balaban J connectivity index is 0.00000324. The minimum absolute atomic E-state index is 0. The third-order valence-corrected chi connectivity index (χ3v) is 2.88. The van der Waals surface area contributed by atoms with Crippen LogP contribution in [-0.2, 0) is 9.53 Å². The number of alkyl halides is 2. The smallest absolute Gasteiger partial charge is 0.379 e. The Hall–Kier alpha value is -0.790. The van der Waals surface area contributed by atoms with Crippen LogP contribution in [0.3, 0.4) is 0 Å². The molecule has 0 aliphatic rings. The van der Waals surface area contributed by atoms with Gasteiger partial charge in [0.05, 0.1) is 11.1 Å². The summed E-state index contributed by atoms with van der Waals surface area (Å²) < 4.78 is 44.7. The van der Waals surface area contributed by atoms with Gasteiger partial charge >= 0.3 is 11.9 Å². The van der Waals surface area contributed by atoms with E-state index >= 15 is 0 Å². The lowest BCUT2D eigenvalue weighted by Crippen LogP contribution is -2.41. The molecule has 8 heteroatoms. The molecule has 2 N–H and O–H groups in total. The maximum absolute atomic E-state index is 13.6. The zero-order valence-corrected chi connectivity index (χ0v) is 12.2. The lowest BCUT2D eigenvalue weighted by Gasteiger charge is -2.21. The largest absolute Gasteiger partial charge is 0.462 e. The monoisotopic (exact) mass is 361 g/mol. The highest BCUT2D eigenvalue weighted by Crippen LogP contribution is 2.32. The van der Waals surface area contributed by atoms with Crippen LogP contribution in [-0.4, -0.2) is 18.5 Å². The van der Waals surface area contributed by atoms with E-state index in [0.717, 1.165) is 6.07 Å². The van der Waals surface area contributed by atoms with Crippen molar-refractivity contribution in [2.45, 2.75) is 18.9 Å². The number of ether oxygens (including phenoxy) is 1. The fraction of sp³-hybridized carbons (Fsp3) is 0.364. The number of hydrogen-bond donors (Lipinski definition) is 1. The standard InChI is InChI=1S/C11H11BrF3NO2.ClH/c1-2-18-10(17)11(14,15)9(16)6-3-4-7(12)8(13)5-6;/h3-5,9H,2,16H2,1H3;1H/t9-;/m1./s1. The molecule has 0 saturated carbocycles. The van der Waals surface area contributed by atoms with Crippen LogP contribution in [0.5, 0.6) is 0 Å². The lowest BCUT2D eigenvalue weighted by atomic mass is 10.0.